The molecule has 164 valence electrons. The van der Waals surface area contributed by atoms with Crippen molar-refractivity contribution in [2.45, 2.75) is 64.6 Å². The van der Waals surface area contributed by atoms with E-state index in [-0.39, 0.29) is 22.9 Å². The van der Waals surface area contributed by atoms with Gasteiger partial charge in [-0.1, -0.05) is 6.07 Å². The van der Waals surface area contributed by atoms with Gasteiger partial charge in [0, 0.05) is 33.9 Å². The van der Waals surface area contributed by atoms with Crippen molar-refractivity contribution in [3.05, 3.63) is 48.0 Å². The Morgan fingerprint density at radius 1 is 1.03 bits per heavy atom. The first kappa shape index (κ1) is 21.4. The van der Waals surface area contributed by atoms with Gasteiger partial charge in [0.15, 0.2) is 11.6 Å². The molecule has 6 nitrogen and oxygen atoms in total. The molecule has 0 spiro atoms. The van der Waals surface area contributed by atoms with Gasteiger partial charge in [-0.25, -0.2) is 9.37 Å². The van der Waals surface area contributed by atoms with E-state index in [1.807, 2.05) is 37.3 Å². The summed E-state index contributed by atoms with van der Waals surface area (Å²) in [7, 11) is 2.16. The van der Waals surface area contributed by atoms with Crippen LogP contribution in [0.2, 0.25) is 0 Å². The number of benzene rings is 1. The van der Waals surface area contributed by atoms with Gasteiger partial charge in [-0.15, -0.1) is 0 Å². The number of fused-ring (bicyclic) bond motifs is 1. The third kappa shape index (κ3) is 4.46. The van der Waals surface area contributed by atoms with Crippen LogP contribution in [0.4, 0.5) is 21.8 Å². The number of aromatic nitrogens is 3. The topological polar surface area (TPSA) is 66.0 Å². The van der Waals surface area contributed by atoms with Crippen LogP contribution in [0.3, 0.4) is 0 Å². The van der Waals surface area contributed by atoms with Crippen LogP contribution in [0, 0.1) is 12.7 Å². The number of rotatable bonds is 4. The van der Waals surface area contributed by atoms with E-state index in [0.717, 1.165) is 35.1 Å². The molecule has 31 heavy (non-hydrogen) atoms. The predicted octanol–water partition coefficient (Wildman–Crippen LogP) is 5.28. The van der Waals surface area contributed by atoms with E-state index in [2.05, 4.69) is 65.2 Å². The van der Waals surface area contributed by atoms with Crippen LogP contribution in [0.1, 0.15) is 46.2 Å². The molecule has 1 aromatic carbocycles. The second kappa shape index (κ2) is 7.71. The van der Waals surface area contributed by atoms with Crippen LogP contribution in [0.5, 0.6) is 0 Å². The number of likely N-dealkylation sites (tertiary alicyclic amines) is 1. The molecule has 1 aliphatic rings. The van der Waals surface area contributed by atoms with E-state index < -0.39 is 5.82 Å². The Labute approximate surface area is 183 Å². The smallest absolute Gasteiger partial charge is 0.229 e. The number of nitrogens with one attached hydrogen (secondary N) is 2. The minimum atomic E-state index is -0.446. The fourth-order valence-electron chi connectivity index (χ4n) is 4.63. The molecular weight excluding hydrogens is 391 g/mol. The molecule has 0 unspecified atom stereocenters. The third-order valence-electron chi connectivity index (χ3n) is 6.48. The molecular formula is C24H31FN6. The van der Waals surface area contributed by atoms with Gasteiger partial charge in [0.2, 0.25) is 5.95 Å². The van der Waals surface area contributed by atoms with Crippen molar-refractivity contribution < 1.29 is 4.39 Å². The Bertz CT molecular complexity index is 1090. The molecule has 2 aromatic heterocycles. The van der Waals surface area contributed by atoms with Gasteiger partial charge in [0.1, 0.15) is 0 Å². The monoisotopic (exact) mass is 422 g/mol. The first-order valence-corrected chi connectivity index (χ1v) is 10.7. The molecule has 4 rings (SSSR count). The Balaban J connectivity index is 1.54. The van der Waals surface area contributed by atoms with Crippen LogP contribution in [-0.4, -0.2) is 44.0 Å². The molecule has 0 radical (unpaired) electrons. The van der Waals surface area contributed by atoms with Gasteiger partial charge < -0.3 is 10.6 Å². The summed E-state index contributed by atoms with van der Waals surface area (Å²) in [5.41, 5.74) is 2.74. The van der Waals surface area contributed by atoms with Crippen LogP contribution >= 0.6 is 0 Å². The number of aryl methyl sites for hydroxylation is 1. The van der Waals surface area contributed by atoms with Crippen molar-refractivity contribution in [3.63, 3.8) is 0 Å². The fraction of sp³-hybridized carbons (Fsp3) is 0.458. The second-order valence-electron chi connectivity index (χ2n) is 9.81. The molecule has 7 heteroatoms. The largest absolute Gasteiger partial charge is 0.365 e. The minimum absolute atomic E-state index is 0.00148. The number of anilines is 3. The van der Waals surface area contributed by atoms with Crippen LogP contribution in [0.15, 0.2) is 36.5 Å². The third-order valence-corrected chi connectivity index (χ3v) is 6.48. The summed E-state index contributed by atoms with van der Waals surface area (Å²) in [6.07, 6.45) is 3.02. The Kier molecular flexibility index (Phi) is 5.33. The van der Waals surface area contributed by atoms with Crippen molar-refractivity contribution in [2.75, 3.05) is 17.7 Å². The van der Waals surface area contributed by atoms with E-state index in [4.69, 9.17) is 0 Å². The average molecular weight is 423 g/mol. The normalized spacial score (nSPS) is 18.8. The first-order valence-electron chi connectivity index (χ1n) is 10.7. The van der Waals surface area contributed by atoms with E-state index in [9.17, 15) is 4.39 Å². The predicted molar refractivity (Wildman–Crippen MR) is 124 cm³/mol. The van der Waals surface area contributed by atoms with Crippen molar-refractivity contribution in [1.82, 2.24) is 19.9 Å². The van der Waals surface area contributed by atoms with Crippen molar-refractivity contribution in [1.29, 1.82) is 0 Å². The lowest BCUT2D eigenvalue weighted by Gasteiger charge is -2.53. The minimum Gasteiger partial charge on any atom is -0.365 e. The maximum Gasteiger partial charge on any atom is 0.229 e. The fourth-order valence-corrected chi connectivity index (χ4v) is 4.63. The lowest BCUT2D eigenvalue weighted by Crippen LogP contribution is -2.61. The molecule has 1 fully saturated rings. The summed E-state index contributed by atoms with van der Waals surface area (Å²) < 4.78 is 14.5. The lowest BCUT2D eigenvalue weighted by atomic mass is 9.77. The van der Waals surface area contributed by atoms with Gasteiger partial charge in [-0.05, 0) is 78.8 Å². The highest BCUT2D eigenvalue weighted by atomic mass is 19.1. The van der Waals surface area contributed by atoms with E-state index in [1.54, 1.807) is 0 Å². The lowest BCUT2D eigenvalue weighted by molar-refractivity contribution is -0.00778. The standard InChI is InChI=1S/C24H31FN6/c1-15-7-8-16-11-17(9-10-20(16)27-15)29-22-26-14-19(25)21(30-22)28-18-12-23(2,3)31(6)24(4,5)13-18/h7-11,14,18H,12-13H2,1-6H3,(H2,26,28,29,30). The molecule has 0 saturated carbocycles. The van der Waals surface area contributed by atoms with Gasteiger partial charge in [0.05, 0.1) is 11.7 Å². The van der Waals surface area contributed by atoms with E-state index >= 15 is 0 Å². The maximum absolute atomic E-state index is 14.5. The molecule has 0 bridgehead atoms. The molecule has 0 atom stereocenters. The summed E-state index contributed by atoms with van der Waals surface area (Å²) in [6, 6.07) is 10.0. The molecule has 3 heterocycles. The summed E-state index contributed by atoms with van der Waals surface area (Å²) in [6.45, 7) is 10.9. The van der Waals surface area contributed by atoms with Crippen molar-refractivity contribution in [2.24, 2.45) is 0 Å². The number of hydrogen-bond acceptors (Lipinski definition) is 6. The van der Waals surface area contributed by atoms with Crippen molar-refractivity contribution in [3.8, 4) is 0 Å². The Morgan fingerprint density at radius 2 is 1.74 bits per heavy atom. The summed E-state index contributed by atoms with van der Waals surface area (Å²) in [4.78, 5) is 15.5. The Hall–Kier alpha value is -2.80. The maximum atomic E-state index is 14.5. The first-order chi connectivity index (χ1) is 14.5. The molecule has 2 N–H and O–H groups in total. The highest BCUT2D eigenvalue weighted by Gasteiger charge is 2.43. The Morgan fingerprint density at radius 3 is 2.45 bits per heavy atom. The van der Waals surface area contributed by atoms with Crippen LogP contribution < -0.4 is 10.6 Å². The molecule has 0 aliphatic carbocycles. The number of nitrogens with zero attached hydrogens (tertiary/aromatic N) is 4. The zero-order valence-corrected chi connectivity index (χ0v) is 19.1. The molecule has 1 aliphatic heterocycles. The average Bonchev–Trinajstić information content (AvgIpc) is 2.68. The number of hydrogen-bond donors (Lipinski definition) is 2. The van der Waals surface area contributed by atoms with Gasteiger partial charge in [0.25, 0.3) is 0 Å². The molecule has 3 aromatic rings. The van der Waals surface area contributed by atoms with Crippen molar-refractivity contribution >= 4 is 28.4 Å². The zero-order chi connectivity index (χ0) is 22.4. The SMILES string of the molecule is Cc1ccc2cc(Nc3ncc(F)c(NC4CC(C)(C)N(C)C(C)(C)C4)n3)ccc2n1. The molecule has 1 saturated heterocycles. The number of pyridine rings is 1. The van der Waals surface area contributed by atoms with Gasteiger partial charge in [-0.2, -0.15) is 4.98 Å². The summed E-state index contributed by atoms with van der Waals surface area (Å²) >= 11 is 0. The summed E-state index contributed by atoms with van der Waals surface area (Å²) in [5, 5.41) is 7.55. The van der Waals surface area contributed by atoms with Gasteiger partial charge in [-0.3, -0.25) is 9.88 Å². The summed E-state index contributed by atoms with van der Waals surface area (Å²) in [5.74, 6) is 0.143. The number of piperidine rings is 1. The molecule has 0 amide bonds. The highest BCUT2D eigenvalue weighted by molar-refractivity contribution is 5.83. The number of halogens is 1. The van der Waals surface area contributed by atoms with E-state index in [1.165, 1.54) is 6.20 Å². The van der Waals surface area contributed by atoms with E-state index in [0.29, 0.717) is 5.95 Å². The zero-order valence-electron chi connectivity index (χ0n) is 19.1. The van der Waals surface area contributed by atoms with Crippen LogP contribution in [-0.2, 0) is 0 Å². The second-order valence-corrected chi connectivity index (χ2v) is 9.81. The highest BCUT2D eigenvalue weighted by Crippen LogP contribution is 2.38. The van der Waals surface area contributed by atoms with Gasteiger partial charge >= 0.3 is 0 Å². The quantitative estimate of drug-likeness (QED) is 0.596. The van der Waals surface area contributed by atoms with Crippen LogP contribution in [0.25, 0.3) is 10.9 Å².